The zero-order valence-corrected chi connectivity index (χ0v) is 23.5. The van der Waals surface area contributed by atoms with Gasteiger partial charge < -0.3 is 30.2 Å². The third kappa shape index (κ3) is 5.04. The molecule has 0 aromatic carbocycles. The van der Waals surface area contributed by atoms with Gasteiger partial charge in [-0.15, -0.1) is 0 Å². The molecular formula is C27H45O9P. The molecule has 0 aromatic heterocycles. The molecule has 0 aliphatic heterocycles. The summed E-state index contributed by atoms with van der Waals surface area (Å²) in [5.41, 5.74) is -2.77. The van der Waals surface area contributed by atoms with Crippen molar-refractivity contribution < 1.29 is 44.1 Å². The van der Waals surface area contributed by atoms with Crippen LogP contribution in [0.15, 0.2) is 11.6 Å². The average Bonchev–Trinajstić information content (AvgIpc) is 3.03. The summed E-state index contributed by atoms with van der Waals surface area (Å²) in [6, 6.07) is 0. The molecule has 4 rings (SSSR count). The van der Waals surface area contributed by atoms with Crippen molar-refractivity contribution >= 4 is 13.6 Å². The van der Waals surface area contributed by atoms with E-state index < -0.39 is 54.1 Å². The van der Waals surface area contributed by atoms with Crippen molar-refractivity contribution in [2.75, 3.05) is 0 Å². The van der Waals surface area contributed by atoms with Crippen LogP contribution in [0.5, 0.6) is 0 Å². The van der Waals surface area contributed by atoms with E-state index in [1.165, 1.54) is 0 Å². The molecule has 37 heavy (non-hydrogen) atoms. The molecule has 9 nitrogen and oxygen atoms in total. The summed E-state index contributed by atoms with van der Waals surface area (Å²) in [7, 11) is -4.79. The normalized spacial score (nSPS) is 43.9. The molecule has 3 saturated carbocycles. The standard InChI is InChI=1S/C27H45O9P/c1-15(23(36-37(33,34)35)8-9-24(2,3)31)16-7-11-27(32)18-12-20(28)19-13-21(29)22(30)14-25(19,4)17(18)6-10-26(16,27)5/h12,15-17,19,21-23,29-32H,6-11,13-14H2,1-5H3,(H2,33,34,35)/t15-,16+,17-,19-,21+,22-,23+,25+,26+,27+/m0/s1. The molecule has 0 radical (unpaired) electrons. The van der Waals surface area contributed by atoms with Gasteiger partial charge in [0.25, 0.3) is 0 Å². The Morgan fingerprint density at radius 2 is 1.78 bits per heavy atom. The number of fused-ring (bicyclic) bond motifs is 5. The maximum Gasteiger partial charge on any atom is 0.469 e. The highest BCUT2D eigenvalue weighted by Crippen LogP contribution is 2.68. The predicted molar refractivity (Wildman–Crippen MR) is 136 cm³/mol. The van der Waals surface area contributed by atoms with E-state index in [0.717, 1.165) is 0 Å². The van der Waals surface area contributed by atoms with E-state index in [0.29, 0.717) is 44.1 Å². The van der Waals surface area contributed by atoms with Crippen molar-refractivity contribution in [2.45, 2.75) is 115 Å². The predicted octanol–water partition coefficient (Wildman–Crippen LogP) is 2.86. The molecule has 4 aliphatic rings. The number of phosphoric acid groups is 1. The molecule has 0 amide bonds. The summed E-state index contributed by atoms with van der Waals surface area (Å²) in [6.07, 6.45) is 2.42. The lowest BCUT2D eigenvalue weighted by molar-refractivity contribution is -0.154. The maximum atomic E-state index is 13.3. The Morgan fingerprint density at radius 1 is 1.14 bits per heavy atom. The van der Waals surface area contributed by atoms with Gasteiger partial charge in [0.1, 0.15) is 0 Å². The fourth-order valence-electron chi connectivity index (χ4n) is 8.60. The molecule has 0 unspecified atom stereocenters. The number of aliphatic hydroxyl groups excluding tert-OH is 2. The average molecular weight is 545 g/mol. The van der Waals surface area contributed by atoms with E-state index in [1.54, 1.807) is 19.9 Å². The monoisotopic (exact) mass is 544 g/mol. The lowest BCUT2D eigenvalue weighted by atomic mass is 9.46. The number of aliphatic hydroxyl groups is 4. The Kier molecular flexibility index (Phi) is 7.52. The second kappa shape index (κ2) is 9.48. The topological polar surface area (TPSA) is 165 Å². The summed E-state index contributed by atoms with van der Waals surface area (Å²) < 4.78 is 17.1. The van der Waals surface area contributed by atoms with Gasteiger partial charge in [-0.1, -0.05) is 20.8 Å². The quantitative estimate of drug-likeness (QED) is 0.264. The van der Waals surface area contributed by atoms with Crippen molar-refractivity contribution in [1.29, 1.82) is 0 Å². The second-order valence-electron chi connectivity index (χ2n) is 13.5. The van der Waals surface area contributed by atoms with E-state index in [2.05, 4.69) is 0 Å². The lowest BCUT2D eigenvalue weighted by Crippen LogP contribution is -2.61. The Morgan fingerprint density at radius 3 is 2.38 bits per heavy atom. The second-order valence-corrected chi connectivity index (χ2v) is 14.7. The molecule has 3 fully saturated rings. The zero-order chi connectivity index (χ0) is 27.8. The first-order valence-corrected chi connectivity index (χ1v) is 15.2. The van der Waals surface area contributed by atoms with Crippen molar-refractivity contribution in [2.24, 2.45) is 34.5 Å². The van der Waals surface area contributed by atoms with Gasteiger partial charge in [0.2, 0.25) is 0 Å². The maximum absolute atomic E-state index is 13.3. The van der Waals surface area contributed by atoms with Crippen LogP contribution < -0.4 is 0 Å². The van der Waals surface area contributed by atoms with Crippen LogP contribution in [0.3, 0.4) is 0 Å². The molecular weight excluding hydrogens is 499 g/mol. The molecule has 10 heteroatoms. The summed E-state index contributed by atoms with van der Waals surface area (Å²) in [5.74, 6) is -1.05. The van der Waals surface area contributed by atoms with Gasteiger partial charge in [-0.3, -0.25) is 9.32 Å². The molecule has 10 atom stereocenters. The van der Waals surface area contributed by atoms with Crippen LogP contribution in [0.4, 0.5) is 0 Å². The van der Waals surface area contributed by atoms with E-state index in [-0.39, 0.29) is 36.4 Å². The van der Waals surface area contributed by atoms with Gasteiger partial charge in [-0.05, 0) is 100 Å². The van der Waals surface area contributed by atoms with Gasteiger partial charge in [0, 0.05) is 11.3 Å². The first-order valence-electron chi connectivity index (χ1n) is 13.6. The smallest absolute Gasteiger partial charge is 0.390 e. The summed E-state index contributed by atoms with van der Waals surface area (Å²) in [4.78, 5) is 32.5. The summed E-state index contributed by atoms with van der Waals surface area (Å²) >= 11 is 0. The third-order valence-corrected chi connectivity index (χ3v) is 11.3. The number of carbonyl (C=O) groups is 1. The van der Waals surface area contributed by atoms with Gasteiger partial charge in [-0.25, -0.2) is 4.57 Å². The largest absolute Gasteiger partial charge is 0.469 e. The number of allylic oxidation sites excluding steroid dienone is 1. The van der Waals surface area contributed by atoms with E-state index in [9.17, 15) is 39.6 Å². The minimum atomic E-state index is -4.79. The van der Waals surface area contributed by atoms with Crippen molar-refractivity contribution in [1.82, 2.24) is 0 Å². The lowest BCUT2D eigenvalue weighted by Gasteiger charge is -2.60. The van der Waals surface area contributed by atoms with Gasteiger partial charge in [-0.2, -0.15) is 0 Å². The fourth-order valence-corrected chi connectivity index (χ4v) is 9.25. The molecule has 0 bridgehead atoms. The SMILES string of the molecule is C[C@@H]([C@H]1CC[C@@]2(O)C3=CC(=O)[C@@H]4C[C@@H](O)[C@@H](O)C[C@]4(C)[C@H]3CC[C@]12C)[C@@H](CCC(C)(C)O)OP(=O)(O)O. The molecule has 4 aliphatic carbocycles. The van der Waals surface area contributed by atoms with Crippen LogP contribution in [0.2, 0.25) is 0 Å². The first kappa shape index (κ1) is 29.3. The van der Waals surface area contributed by atoms with Gasteiger partial charge in [0.15, 0.2) is 5.78 Å². The highest BCUT2D eigenvalue weighted by Gasteiger charge is 2.67. The highest BCUT2D eigenvalue weighted by atomic mass is 31.2. The van der Waals surface area contributed by atoms with Crippen LogP contribution in [-0.2, 0) is 13.9 Å². The van der Waals surface area contributed by atoms with Crippen LogP contribution in [0.25, 0.3) is 0 Å². The van der Waals surface area contributed by atoms with E-state index in [1.807, 2.05) is 20.8 Å². The molecule has 6 N–H and O–H groups in total. The highest BCUT2D eigenvalue weighted by molar-refractivity contribution is 7.46. The summed E-state index contributed by atoms with van der Waals surface area (Å²) in [6.45, 7) is 9.20. The number of rotatable bonds is 7. The minimum absolute atomic E-state index is 0.0955. The number of ketones is 1. The van der Waals surface area contributed by atoms with Crippen molar-refractivity contribution in [3.8, 4) is 0 Å². The van der Waals surface area contributed by atoms with Crippen LogP contribution in [0, 0.1) is 34.5 Å². The molecule has 0 heterocycles. The first-order chi connectivity index (χ1) is 16.8. The summed E-state index contributed by atoms with van der Waals surface area (Å²) in [5, 5.41) is 43.3. The minimum Gasteiger partial charge on any atom is -0.390 e. The van der Waals surface area contributed by atoms with E-state index >= 15 is 0 Å². The number of hydrogen-bond donors (Lipinski definition) is 6. The van der Waals surface area contributed by atoms with Crippen LogP contribution in [-0.4, -0.2) is 65.5 Å². The van der Waals surface area contributed by atoms with Gasteiger partial charge >= 0.3 is 7.82 Å². The number of phosphoric ester groups is 1. The van der Waals surface area contributed by atoms with Crippen molar-refractivity contribution in [3.63, 3.8) is 0 Å². The van der Waals surface area contributed by atoms with E-state index in [4.69, 9.17) is 4.52 Å². The van der Waals surface area contributed by atoms with Crippen LogP contribution in [0.1, 0.15) is 86.0 Å². The third-order valence-electron chi connectivity index (χ3n) is 10.7. The van der Waals surface area contributed by atoms with Crippen LogP contribution >= 0.6 is 7.82 Å². The Labute approximate surface area is 219 Å². The number of carbonyl (C=O) groups excluding carboxylic acids is 1. The molecule has 212 valence electrons. The zero-order valence-electron chi connectivity index (χ0n) is 22.6. The Balaban J connectivity index is 1.66. The van der Waals surface area contributed by atoms with Crippen molar-refractivity contribution in [3.05, 3.63) is 11.6 Å². The van der Waals surface area contributed by atoms with Gasteiger partial charge in [0.05, 0.1) is 29.5 Å². The Bertz CT molecular complexity index is 985. The Hall–Kier alpha value is -0.640. The molecule has 0 spiro atoms. The number of hydrogen-bond acceptors (Lipinski definition) is 7. The molecule has 0 saturated heterocycles. The molecule has 0 aromatic rings. The fraction of sp³-hybridized carbons (Fsp3) is 0.889.